The molecule has 0 N–H and O–H groups in total. The highest BCUT2D eigenvalue weighted by Gasteiger charge is 2.49. The van der Waals surface area contributed by atoms with Crippen LogP contribution in [0.5, 0.6) is 0 Å². The first-order chi connectivity index (χ1) is 9.52. The number of piperidine rings is 1. The predicted molar refractivity (Wildman–Crippen MR) is 71.1 cm³/mol. The molecule has 1 atom stereocenters. The first kappa shape index (κ1) is 13.1. The molecule has 3 rings (SSSR count). The van der Waals surface area contributed by atoms with Crippen molar-refractivity contribution in [2.24, 2.45) is 0 Å². The summed E-state index contributed by atoms with van der Waals surface area (Å²) in [5.41, 5.74) is -0.0145. The molecular formula is C14H19N3O3. The number of likely N-dealkylation sites (N-methyl/N-ethyl adjacent to an activating group) is 1. The normalized spacial score (nSPS) is 26.6. The molecule has 0 aromatic carbocycles. The molecule has 0 bridgehead atoms. The van der Waals surface area contributed by atoms with E-state index in [4.69, 9.17) is 4.52 Å². The minimum Gasteiger partial charge on any atom is -0.361 e. The van der Waals surface area contributed by atoms with Gasteiger partial charge in [0, 0.05) is 26.2 Å². The molecule has 1 spiro atoms. The smallest absolute Gasteiger partial charge is 0.276 e. The fourth-order valence-corrected chi connectivity index (χ4v) is 3.37. The van der Waals surface area contributed by atoms with Crippen molar-refractivity contribution in [3.8, 4) is 0 Å². The number of hydrogen-bond acceptors (Lipinski definition) is 4. The van der Waals surface area contributed by atoms with Crippen LogP contribution in [0.1, 0.15) is 41.9 Å². The number of aromatic nitrogens is 1. The lowest BCUT2D eigenvalue weighted by Gasteiger charge is -2.43. The largest absolute Gasteiger partial charge is 0.361 e. The van der Waals surface area contributed by atoms with E-state index in [2.05, 4.69) is 5.16 Å². The Kier molecular flexibility index (Phi) is 3.03. The Bertz CT molecular complexity index is 554. The van der Waals surface area contributed by atoms with Gasteiger partial charge >= 0.3 is 0 Å². The monoisotopic (exact) mass is 277 g/mol. The molecule has 3 heterocycles. The summed E-state index contributed by atoms with van der Waals surface area (Å²) in [7, 11) is 1.80. The topological polar surface area (TPSA) is 66.7 Å². The standard InChI is InChI=1S/C14H19N3O3/c1-10-7-11(15-20-10)13(19)17-6-4-3-5-14(17)8-12(18)16(2)9-14/h7H,3-6,8-9H2,1-2H3/t14-/m1/s1. The average Bonchev–Trinajstić information content (AvgIpc) is 2.95. The molecule has 6 heteroatoms. The van der Waals surface area contributed by atoms with Crippen LogP contribution in [-0.2, 0) is 4.79 Å². The van der Waals surface area contributed by atoms with Gasteiger partial charge in [-0.1, -0.05) is 5.16 Å². The number of amides is 2. The van der Waals surface area contributed by atoms with E-state index >= 15 is 0 Å². The Morgan fingerprint density at radius 2 is 2.25 bits per heavy atom. The molecule has 2 saturated heterocycles. The Balaban J connectivity index is 1.90. The van der Waals surface area contributed by atoms with E-state index in [0.717, 1.165) is 19.3 Å². The van der Waals surface area contributed by atoms with Crippen molar-refractivity contribution in [1.82, 2.24) is 15.0 Å². The van der Waals surface area contributed by atoms with Crippen LogP contribution in [0, 0.1) is 6.92 Å². The number of likely N-dealkylation sites (tertiary alicyclic amines) is 2. The molecule has 2 aliphatic heterocycles. The molecule has 0 unspecified atom stereocenters. The summed E-state index contributed by atoms with van der Waals surface area (Å²) in [6.07, 6.45) is 3.34. The molecule has 0 aliphatic carbocycles. The van der Waals surface area contributed by atoms with E-state index in [1.165, 1.54) is 0 Å². The van der Waals surface area contributed by atoms with Gasteiger partial charge < -0.3 is 14.3 Å². The van der Waals surface area contributed by atoms with E-state index < -0.39 is 0 Å². The third-order valence-corrected chi connectivity index (χ3v) is 4.38. The summed E-state index contributed by atoms with van der Waals surface area (Å²) >= 11 is 0. The van der Waals surface area contributed by atoms with Crippen LogP contribution in [0.3, 0.4) is 0 Å². The van der Waals surface area contributed by atoms with Gasteiger partial charge in [-0.25, -0.2) is 0 Å². The van der Waals surface area contributed by atoms with Gasteiger partial charge in [0.2, 0.25) is 5.91 Å². The number of carbonyl (C=O) groups is 2. The lowest BCUT2D eigenvalue weighted by atomic mass is 9.85. The zero-order valence-electron chi connectivity index (χ0n) is 11.9. The minimum absolute atomic E-state index is 0.112. The molecule has 1 aromatic heterocycles. The van der Waals surface area contributed by atoms with Gasteiger partial charge in [-0.15, -0.1) is 0 Å². The Hall–Kier alpha value is -1.85. The van der Waals surface area contributed by atoms with Crippen LogP contribution in [0.2, 0.25) is 0 Å². The molecular weight excluding hydrogens is 258 g/mol. The van der Waals surface area contributed by atoms with Crippen LogP contribution >= 0.6 is 0 Å². The minimum atomic E-state index is -0.353. The maximum absolute atomic E-state index is 12.7. The van der Waals surface area contributed by atoms with E-state index in [1.807, 2.05) is 4.90 Å². The first-order valence-corrected chi connectivity index (χ1v) is 7.01. The molecule has 108 valence electrons. The number of rotatable bonds is 1. The van der Waals surface area contributed by atoms with Gasteiger partial charge in [-0.2, -0.15) is 0 Å². The molecule has 6 nitrogen and oxygen atoms in total. The van der Waals surface area contributed by atoms with Crippen molar-refractivity contribution in [2.45, 2.75) is 38.1 Å². The van der Waals surface area contributed by atoms with Crippen molar-refractivity contribution >= 4 is 11.8 Å². The van der Waals surface area contributed by atoms with E-state index in [1.54, 1.807) is 24.9 Å². The molecule has 0 saturated carbocycles. The molecule has 0 radical (unpaired) electrons. The molecule has 2 fully saturated rings. The summed E-state index contributed by atoms with van der Waals surface area (Å²) < 4.78 is 4.99. The Labute approximate surface area is 117 Å². The summed E-state index contributed by atoms with van der Waals surface area (Å²) in [5.74, 6) is 0.615. The lowest BCUT2D eigenvalue weighted by Crippen LogP contribution is -2.56. The zero-order valence-corrected chi connectivity index (χ0v) is 11.9. The zero-order chi connectivity index (χ0) is 14.3. The van der Waals surface area contributed by atoms with E-state index in [0.29, 0.717) is 31.0 Å². The van der Waals surface area contributed by atoms with Gasteiger partial charge in [0.25, 0.3) is 5.91 Å². The first-order valence-electron chi connectivity index (χ1n) is 7.01. The number of aryl methyl sites for hydroxylation is 1. The summed E-state index contributed by atoms with van der Waals surface area (Å²) in [6, 6.07) is 1.66. The fourth-order valence-electron chi connectivity index (χ4n) is 3.37. The van der Waals surface area contributed by atoms with Crippen LogP contribution in [0.25, 0.3) is 0 Å². The summed E-state index contributed by atoms with van der Waals surface area (Å²) in [4.78, 5) is 28.1. The van der Waals surface area contributed by atoms with Gasteiger partial charge in [-0.05, 0) is 26.2 Å². The van der Waals surface area contributed by atoms with Crippen molar-refractivity contribution in [2.75, 3.05) is 20.1 Å². The second-order valence-corrected chi connectivity index (χ2v) is 5.89. The van der Waals surface area contributed by atoms with E-state index in [9.17, 15) is 9.59 Å². The molecule has 20 heavy (non-hydrogen) atoms. The van der Waals surface area contributed by atoms with Crippen LogP contribution in [-0.4, -0.2) is 52.4 Å². The van der Waals surface area contributed by atoms with Crippen LogP contribution < -0.4 is 0 Å². The van der Waals surface area contributed by atoms with Crippen LogP contribution in [0.15, 0.2) is 10.6 Å². The van der Waals surface area contributed by atoms with Crippen molar-refractivity contribution < 1.29 is 14.1 Å². The second-order valence-electron chi connectivity index (χ2n) is 5.89. The van der Waals surface area contributed by atoms with Crippen molar-refractivity contribution in [3.63, 3.8) is 0 Å². The van der Waals surface area contributed by atoms with Crippen molar-refractivity contribution in [1.29, 1.82) is 0 Å². The Morgan fingerprint density at radius 1 is 1.45 bits per heavy atom. The third kappa shape index (κ3) is 1.99. The molecule has 2 amide bonds. The number of hydrogen-bond donors (Lipinski definition) is 0. The summed E-state index contributed by atoms with van der Waals surface area (Å²) in [5, 5.41) is 3.82. The van der Waals surface area contributed by atoms with Gasteiger partial charge in [0.15, 0.2) is 5.69 Å². The number of carbonyl (C=O) groups excluding carboxylic acids is 2. The maximum Gasteiger partial charge on any atom is 0.276 e. The lowest BCUT2D eigenvalue weighted by molar-refractivity contribution is -0.126. The molecule has 2 aliphatic rings. The highest BCUT2D eigenvalue weighted by Crippen LogP contribution is 2.37. The molecule has 1 aromatic rings. The van der Waals surface area contributed by atoms with Crippen molar-refractivity contribution in [3.05, 3.63) is 17.5 Å². The van der Waals surface area contributed by atoms with Gasteiger partial charge in [0.1, 0.15) is 5.76 Å². The van der Waals surface area contributed by atoms with Gasteiger partial charge in [-0.3, -0.25) is 9.59 Å². The fraction of sp³-hybridized carbons (Fsp3) is 0.643. The highest BCUT2D eigenvalue weighted by molar-refractivity contribution is 5.94. The SMILES string of the molecule is Cc1cc(C(=O)N2CCCC[C@]23CC(=O)N(C)C3)no1. The predicted octanol–water partition coefficient (Wildman–Crippen LogP) is 1.21. The third-order valence-electron chi connectivity index (χ3n) is 4.38. The Morgan fingerprint density at radius 3 is 2.85 bits per heavy atom. The second kappa shape index (κ2) is 4.61. The van der Waals surface area contributed by atoms with Gasteiger partial charge in [0.05, 0.1) is 12.0 Å². The highest BCUT2D eigenvalue weighted by atomic mass is 16.5. The summed E-state index contributed by atoms with van der Waals surface area (Å²) in [6.45, 7) is 3.07. The van der Waals surface area contributed by atoms with E-state index in [-0.39, 0.29) is 17.4 Å². The average molecular weight is 277 g/mol. The quantitative estimate of drug-likeness (QED) is 0.774. The maximum atomic E-state index is 12.7. The number of nitrogens with zero attached hydrogens (tertiary/aromatic N) is 3. The van der Waals surface area contributed by atoms with Crippen LogP contribution in [0.4, 0.5) is 0 Å².